The average molecular weight is 470 g/mol. The number of nitrogens with one attached hydrogen (secondary N) is 2. The van der Waals surface area contributed by atoms with Gasteiger partial charge in [0.05, 0.1) is 17.3 Å². The molecule has 8 nitrogen and oxygen atoms in total. The summed E-state index contributed by atoms with van der Waals surface area (Å²) in [7, 11) is 0. The van der Waals surface area contributed by atoms with E-state index in [9.17, 15) is 14.4 Å². The third-order valence-corrected chi connectivity index (χ3v) is 6.48. The van der Waals surface area contributed by atoms with Crippen molar-refractivity contribution >= 4 is 23.4 Å². The minimum atomic E-state index is -0.887. The first-order valence-corrected chi connectivity index (χ1v) is 11.3. The Morgan fingerprint density at radius 2 is 1.97 bits per heavy atom. The zero-order valence-corrected chi connectivity index (χ0v) is 18.6. The van der Waals surface area contributed by atoms with Crippen molar-refractivity contribution in [1.29, 1.82) is 0 Å². The van der Waals surface area contributed by atoms with Gasteiger partial charge in [0.2, 0.25) is 11.8 Å². The molecule has 5 rings (SSSR count). The Hall–Kier alpha value is -3.30. The van der Waals surface area contributed by atoms with Gasteiger partial charge in [0.25, 0.3) is 5.91 Å². The van der Waals surface area contributed by atoms with Crippen LogP contribution in [0, 0.1) is 5.82 Å². The summed E-state index contributed by atoms with van der Waals surface area (Å²) >= 11 is 0. The minimum Gasteiger partial charge on any atom is -0.381 e. The molecule has 0 radical (unpaired) electrons. The van der Waals surface area contributed by atoms with Gasteiger partial charge in [0, 0.05) is 67.1 Å². The van der Waals surface area contributed by atoms with E-state index in [1.165, 1.54) is 4.90 Å². The van der Waals surface area contributed by atoms with Crippen molar-refractivity contribution in [3.8, 4) is 0 Å². The molecule has 34 heavy (non-hydrogen) atoms. The summed E-state index contributed by atoms with van der Waals surface area (Å²) < 4.78 is 45.7. The van der Waals surface area contributed by atoms with Gasteiger partial charge < -0.3 is 15.0 Å². The number of halogens is 1. The van der Waals surface area contributed by atoms with Gasteiger partial charge in [-0.25, -0.2) is 4.39 Å². The van der Waals surface area contributed by atoms with Gasteiger partial charge in [0.1, 0.15) is 11.9 Å². The molecule has 0 saturated carbocycles. The Bertz CT molecular complexity index is 1290. The largest absolute Gasteiger partial charge is 0.381 e. The molecular formula is C25H27FN4O4. The topological polar surface area (TPSA) is 91.0 Å². The SMILES string of the molecule is [2H]c1c([2H])c(NCc2cccc(CN3CCOCC3)c2F)c2c(c1[2H])C(=O)N(C1CCC(=O)NC1=O)C2. The van der Waals surface area contributed by atoms with Crippen molar-refractivity contribution in [2.24, 2.45) is 0 Å². The van der Waals surface area contributed by atoms with E-state index in [0.717, 1.165) is 13.1 Å². The molecule has 0 spiro atoms. The second-order valence-electron chi connectivity index (χ2n) is 8.64. The number of amides is 3. The van der Waals surface area contributed by atoms with Crippen LogP contribution >= 0.6 is 0 Å². The lowest BCUT2D eigenvalue weighted by Crippen LogP contribution is -2.52. The summed E-state index contributed by atoms with van der Waals surface area (Å²) in [5.74, 6) is -1.96. The number of piperidine rings is 1. The first-order valence-electron chi connectivity index (χ1n) is 12.8. The maximum atomic E-state index is 15.3. The van der Waals surface area contributed by atoms with Crippen molar-refractivity contribution in [3.05, 3.63) is 64.4 Å². The first-order chi connectivity index (χ1) is 17.8. The van der Waals surface area contributed by atoms with Crippen LogP contribution in [0.3, 0.4) is 0 Å². The van der Waals surface area contributed by atoms with Crippen LogP contribution in [0.5, 0.6) is 0 Å². The number of nitrogens with zero attached hydrogens (tertiary/aromatic N) is 2. The number of hydrogen-bond donors (Lipinski definition) is 2. The van der Waals surface area contributed by atoms with E-state index in [1.54, 1.807) is 18.2 Å². The van der Waals surface area contributed by atoms with Gasteiger partial charge >= 0.3 is 0 Å². The zero-order chi connectivity index (χ0) is 26.3. The van der Waals surface area contributed by atoms with Crippen LogP contribution in [0.1, 0.15) is 44.0 Å². The summed E-state index contributed by atoms with van der Waals surface area (Å²) in [4.78, 5) is 40.6. The molecule has 0 aromatic heterocycles. The summed E-state index contributed by atoms with van der Waals surface area (Å²) in [6.07, 6.45) is 0.242. The van der Waals surface area contributed by atoms with Crippen LogP contribution in [0.15, 0.2) is 36.3 Å². The maximum absolute atomic E-state index is 15.3. The molecule has 2 aromatic rings. The van der Waals surface area contributed by atoms with Crippen LogP contribution < -0.4 is 10.6 Å². The number of rotatable bonds is 6. The summed E-state index contributed by atoms with van der Waals surface area (Å²) in [6.45, 7) is 3.05. The highest BCUT2D eigenvalue weighted by atomic mass is 19.1. The second-order valence-corrected chi connectivity index (χ2v) is 8.64. The lowest BCUT2D eigenvalue weighted by atomic mass is 10.0. The molecule has 2 N–H and O–H groups in total. The van der Waals surface area contributed by atoms with Gasteiger partial charge in [-0.05, 0) is 18.5 Å². The molecule has 9 heteroatoms. The number of anilines is 1. The van der Waals surface area contributed by atoms with Gasteiger partial charge in [0.15, 0.2) is 0 Å². The molecule has 0 bridgehead atoms. The summed E-state index contributed by atoms with van der Waals surface area (Å²) in [5, 5.41) is 5.27. The van der Waals surface area contributed by atoms with E-state index in [4.69, 9.17) is 8.85 Å². The number of fused-ring (bicyclic) bond motifs is 1. The number of carbonyl (C=O) groups excluding carboxylic acids is 3. The highest BCUT2D eigenvalue weighted by Crippen LogP contribution is 2.32. The molecule has 1 unspecified atom stereocenters. The van der Waals surface area contributed by atoms with E-state index in [-0.39, 0.29) is 55.1 Å². The van der Waals surface area contributed by atoms with Crippen LogP contribution in [0.2, 0.25) is 0 Å². The highest BCUT2D eigenvalue weighted by Gasteiger charge is 2.39. The molecule has 3 heterocycles. The number of imide groups is 1. The number of hydrogen-bond acceptors (Lipinski definition) is 6. The molecular weight excluding hydrogens is 439 g/mol. The van der Waals surface area contributed by atoms with Crippen molar-refractivity contribution in [2.75, 3.05) is 31.6 Å². The van der Waals surface area contributed by atoms with Crippen LogP contribution in [-0.2, 0) is 34.0 Å². The van der Waals surface area contributed by atoms with Crippen LogP contribution in [-0.4, -0.2) is 59.9 Å². The van der Waals surface area contributed by atoms with E-state index < -0.39 is 29.8 Å². The highest BCUT2D eigenvalue weighted by molar-refractivity contribution is 6.06. The summed E-state index contributed by atoms with van der Waals surface area (Å²) in [5.41, 5.74) is 1.35. The second kappa shape index (κ2) is 9.52. The zero-order valence-electron chi connectivity index (χ0n) is 21.6. The standard InChI is InChI=1S/C25H27FN4O4/c26-23-16(3-1-4-17(23)14-29-9-11-34-12-10-29)13-27-20-6-2-5-18-19(20)15-30(25(18)33)21-7-8-22(31)28-24(21)32/h1-6,21,27H,7-15H2,(H,28,31,32)/i2D,5D,6D. The third-order valence-electron chi connectivity index (χ3n) is 6.48. The number of morpholine rings is 1. The van der Waals surface area contributed by atoms with Crippen molar-refractivity contribution in [2.45, 2.75) is 38.5 Å². The molecule has 1 atom stereocenters. The smallest absolute Gasteiger partial charge is 0.255 e. The third kappa shape index (κ3) is 4.41. The van der Waals surface area contributed by atoms with Gasteiger partial charge in [-0.3, -0.25) is 24.6 Å². The quantitative estimate of drug-likeness (QED) is 0.630. The maximum Gasteiger partial charge on any atom is 0.255 e. The fraction of sp³-hybridized carbons (Fsp3) is 0.400. The molecule has 178 valence electrons. The fourth-order valence-electron chi connectivity index (χ4n) is 4.62. The Morgan fingerprint density at radius 1 is 1.18 bits per heavy atom. The van der Waals surface area contributed by atoms with Gasteiger partial charge in [-0.2, -0.15) is 0 Å². The van der Waals surface area contributed by atoms with Gasteiger partial charge in [-0.1, -0.05) is 24.2 Å². The predicted molar refractivity (Wildman–Crippen MR) is 122 cm³/mol. The molecule has 3 aliphatic heterocycles. The molecule has 0 aliphatic carbocycles. The number of ether oxygens (including phenoxy) is 1. The van der Waals surface area contributed by atoms with Crippen LogP contribution in [0.4, 0.5) is 10.1 Å². The average Bonchev–Trinajstić information content (AvgIpc) is 3.22. The number of benzene rings is 2. The van der Waals surface area contributed by atoms with Crippen molar-refractivity contribution in [3.63, 3.8) is 0 Å². The van der Waals surface area contributed by atoms with Gasteiger partial charge in [-0.15, -0.1) is 0 Å². The van der Waals surface area contributed by atoms with Crippen molar-refractivity contribution < 1.29 is 27.6 Å². The van der Waals surface area contributed by atoms with E-state index in [0.29, 0.717) is 36.4 Å². The summed E-state index contributed by atoms with van der Waals surface area (Å²) in [6, 6.07) is 3.16. The van der Waals surface area contributed by atoms with E-state index in [2.05, 4.69) is 15.5 Å². The lowest BCUT2D eigenvalue weighted by Gasteiger charge is -2.29. The molecule has 2 saturated heterocycles. The first kappa shape index (κ1) is 19.1. The predicted octanol–water partition coefficient (Wildman–Crippen LogP) is 2.03. The Morgan fingerprint density at radius 3 is 2.76 bits per heavy atom. The van der Waals surface area contributed by atoms with E-state index in [1.807, 2.05) is 0 Å². The van der Waals surface area contributed by atoms with E-state index >= 15 is 4.39 Å². The minimum absolute atomic E-state index is 0.00446. The monoisotopic (exact) mass is 469 g/mol. The lowest BCUT2D eigenvalue weighted by molar-refractivity contribution is -0.136. The number of carbonyl (C=O) groups is 3. The molecule has 3 amide bonds. The van der Waals surface area contributed by atoms with Crippen LogP contribution in [0.25, 0.3) is 0 Å². The Labute approximate surface area is 201 Å². The molecule has 3 aliphatic rings. The Kier molecular flexibility index (Phi) is 5.33. The molecule has 2 fully saturated rings. The van der Waals surface area contributed by atoms with Crippen molar-refractivity contribution in [1.82, 2.24) is 15.1 Å². The Balaban J connectivity index is 1.40. The fourth-order valence-corrected chi connectivity index (χ4v) is 4.62. The normalized spacial score (nSPS) is 22.1. The molecule has 2 aromatic carbocycles.